The highest BCUT2D eigenvalue weighted by Crippen LogP contribution is 2.52. The van der Waals surface area contributed by atoms with Crippen molar-refractivity contribution >= 4 is 34.2 Å². The van der Waals surface area contributed by atoms with Crippen LogP contribution in [-0.4, -0.2) is 29.6 Å². The molecule has 6 nitrogen and oxygen atoms in total. The van der Waals surface area contributed by atoms with Gasteiger partial charge in [-0.15, -0.1) is 11.3 Å². The van der Waals surface area contributed by atoms with E-state index in [0.29, 0.717) is 10.6 Å². The number of amides is 1. The minimum absolute atomic E-state index is 0.0942. The number of hydrogen-bond acceptors (Lipinski definition) is 5. The third kappa shape index (κ3) is 3.49. The number of hydrogen-bond donors (Lipinski definition) is 2. The van der Waals surface area contributed by atoms with Gasteiger partial charge in [0.15, 0.2) is 0 Å². The second-order valence-corrected chi connectivity index (χ2v) is 8.27. The average molecular weight is 379 g/mol. The molecule has 1 aromatic heterocycles. The fourth-order valence-corrected chi connectivity index (χ4v) is 5.63. The quantitative estimate of drug-likeness (QED) is 0.707. The Labute approximate surface area is 156 Å². The molecular weight excluding hydrogens is 354 g/mol. The Morgan fingerprint density at radius 2 is 1.92 bits per heavy atom. The summed E-state index contributed by atoms with van der Waals surface area (Å²) in [5.41, 5.74) is 0.365. The Hall–Kier alpha value is -1.89. The lowest BCUT2D eigenvalue weighted by Crippen LogP contribution is -2.37. The van der Waals surface area contributed by atoms with Crippen LogP contribution in [0, 0.1) is 23.7 Å². The van der Waals surface area contributed by atoms with Crippen molar-refractivity contribution in [2.75, 3.05) is 11.9 Å². The molecule has 2 bridgehead atoms. The van der Waals surface area contributed by atoms with Crippen molar-refractivity contribution in [2.45, 2.75) is 46.0 Å². The molecule has 2 saturated carbocycles. The molecule has 0 aromatic carbocycles. The maximum atomic E-state index is 12.9. The van der Waals surface area contributed by atoms with Crippen LogP contribution in [-0.2, 0) is 20.7 Å². The average Bonchev–Trinajstić information content (AvgIpc) is 3.29. The van der Waals surface area contributed by atoms with Crippen LogP contribution in [0.4, 0.5) is 5.00 Å². The molecule has 1 amide bonds. The third-order valence-electron chi connectivity index (χ3n) is 5.52. The molecule has 0 radical (unpaired) electrons. The SMILES string of the molecule is CCCc1cc(C(=O)OCC)c(NC(=O)[C@H]2[C@H]3CC[C@@H](C3)[C@H]2C(=O)O)s1. The normalized spacial score (nSPS) is 26.7. The van der Waals surface area contributed by atoms with Gasteiger partial charge < -0.3 is 15.2 Å². The summed E-state index contributed by atoms with van der Waals surface area (Å²) in [4.78, 5) is 37.8. The Kier molecular flexibility index (Phi) is 5.65. The minimum Gasteiger partial charge on any atom is -0.481 e. The number of carbonyl (C=O) groups is 3. The van der Waals surface area contributed by atoms with Gasteiger partial charge >= 0.3 is 11.9 Å². The first kappa shape index (κ1) is 18.9. The maximum absolute atomic E-state index is 12.9. The summed E-state index contributed by atoms with van der Waals surface area (Å²) in [6.07, 6.45) is 4.36. The van der Waals surface area contributed by atoms with Crippen LogP contribution in [0.1, 0.15) is 54.8 Å². The van der Waals surface area contributed by atoms with Crippen molar-refractivity contribution in [3.05, 3.63) is 16.5 Å². The zero-order valence-electron chi connectivity index (χ0n) is 15.1. The summed E-state index contributed by atoms with van der Waals surface area (Å²) in [6, 6.07) is 1.78. The van der Waals surface area contributed by atoms with E-state index in [1.807, 2.05) is 0 Å². The zero-order chi connectivity index (χ0) is 18.8. The van der Waals surface area contributed by atoms with Crippen molar-refractivity contribution < 1.29 is 24.2 Å². The standard InChI is InChI=1S/C19H25NO5S/c1-3-5-12-9-13(19(24)25-4-2)17(26-12)20-16(21)14-10-6-7-11(8-10)15(14)18(22)23/h9-11,14-15H,3-8H2,1-2H3,(H,20,21)(H,22,23)/t10-,11-,14-,15+/m0/s1. The Morgan fingerprint density at radius 1 is 1.23 bits per heavy atom. The highest BCUT2D eigenvalue weighted by molar-refractivity contribution is 7.16. The minimum atomic E-state index is -0.888. The summed E-state index contributed by atoms with van der Waals surface area (Å²) in [5.74, 6) is -2.53. The number of ether oxygens (including phenoxy) is 1. The summed E-state index contributed by atoms with van der Waals surface area (Å²) in [5, 5.41) is 12.9. The summed E-state index contributed by atoms with van der Waals surface area (Å²) < 4.78 is 5.10. The van der Waals surface area contributed by atoms with Gasteiger partial charge in [-0.2, -0.15) is 0 Å². The molecule has 26 heavy (non-hydrogen) atoms. The molecule has 2 aliphatic rings. The van der Waals surface area contributed by atoms with Crippen molar-refractivity contribution in [1.82, 2.24) is 0 Å². The molecule has 0 aliphatic heterocycles. The van der Waals surface area contributed by atoms with Crippen molar-refractivity contribution in [2.24, 2.45) is 23.7 Å². The van der Waals surface area contributed by atoms with Crippen LogP contribution >= 0.6 is 11.3 Å². The molecule has 0 spiro atoms. The number of carboxylic acid groups (broad SMARTS) is 1. The summed E-state index contributed by atoms with van der Waals surface area (Å²) >= 11 is 1.37. The molecule has 2 aliphatic carbocycles. The van der Waals surface area contributed by atoms with Gasteiger partial charge in [-0.25, -0.2) is 4.79 Å². The molecule has 142 valence electrons. The Balaban J connectivity index is 1.82. The van der Waals surface area contributed by atoms with E-state index in [1.165, 1.54) is 11.3 Å². The molecule has 0 saturated heterocycles. The number of esters is 1. The second-order valence-electron chi connectivity index (χ2n) is 7.14. The van der Waals surface area contributed by atoms with Gasteiger partial charge in [0.2, 0.25) is 5.91 Å². The molecule has 7 heteroatoms. The fraction of sp³-hybridized carbons (Fsp3) is 0.632. The van der Waals surface area contributed by atoms with Gasteiger partial charge in [0.25, 0.3) is 0 Å². The van der Waals surface area contributed by atoms with E-state index in [2.05, 4.69) is 12.2 Å². The number of anilines is 1. The molecule has 2 fully saturated rings. The van der Waals surface area contributed by atoms with E-state index >= 15 is 0 Å². The van der Waals surface area contributed by atoms with Crippen molar-refractivity contribution in [3.8, 4) is 0 Å². The van der Waals surface area contributed by atoms with Crippen LogP contribution in [0.3, 0.4) is 0 Å². The number of aryl methyl sites for hydroxylation is 1. The van der Waals surface area contributed by atoms with Gasteiger partial charge in [0, 0.05) is 4.88 Å². The van der Waals surface area contributed by atoms with Gasteiger partial charge in [0.1, 0.15) is 5.00 Å². The molecule has 2 N–H and O–H groups in total. The maximum Gasteiger partial charge on any atom is 0.341 e. The molecule has 4 atom stereocenters. The van der Waals surface area contributed by atoms with E-state index in [4.69, 9.17) is 4.74 Å². The van der Waals surface area contributed by atoms with Gasteiger partial charge in [-0.05, 0) is 50.5 Å². The lowest BCUT2D eigenvalue weighted by Gasteiger charge is -2.26. The monoisotopic (exact) mass is 379 g/mol. The number of rotatable bonds is 7. The van der Waals surface area contributed by atoms with Gasteiger partial charge in [-0.3, -0.25) is 9.59 Å². The van der Waals surface area contributed by atoms with Crippen molar-refractivity contribution in [3.63, 3.8) is 0 Å². The number of carbonyl (C=O) groups excluding carboxylic acids is 2. The summed E-state index contributed by atoms with van der Waals surface area (Å²) in [7, 11) is 0. The predicted octanol–water partition coefficient (Wildman–Crippen LogP) is 3.56. The van der Waals surface area contributed by atoms with Crippen LogP contribution in [0.15, 0.2) is 6.07 Å². The third-order valence-corrected chi connectivity index (χ3v) is 6.63. The number of thiophene rings is 1. The smallest absolute Gasteiger partial charge is 0.341 e. The van der Waals surface area contributed by atoms with Crippen molar-refractivity contribution in [1.29, 1.82) is 0 Å². The largest absolute Gasteiger partial charge is 0.481 e. The lowest BCUT2D eigenvalue weighted by atomic mass is 9.79. The molecule has 1 aromatic rings. The Bertz CT molecular complexity index is 713. The van der Waals surface area contributed by atoms with E-state index in [9.17, 15) is 19.5 Å². The Morgan fingerprint density at radius 3 is 2.54 bits per heavy atom. The van der Waals surface area contributed by atoms with Gasteiger partial charge in [0.05, 0.1) is 24.0 Å². The summed E-state index contributed by atoms with van der Waals surface area (Å²) in [6.45, 7) is 4.05. The molecule has 1 heterocycles. The highest BCUT2D eigenvalue weighted by Gasteiger charge is 2.54. The predicted molar refractivity (Wildman–Crippen MR) is 98.3 cm³/mol. The number of fused-ring (bicyclic) bond motifs is 2. The lowest BCUT2D eigenvalue weighted by molar-refractivity contribution is -0.148. The van der Waals surface area contributed by atoms with Gasteiger partial charge in [-0.1, -0.05) is 13.3 Å². The highest BCUT2D eigenvalue weighted by atomic mass is 32.1. The zero-order valence-corrected chi connectivity index (χ0v) is 15.9. The number of aliphatic carboxylic acids is 1. The van der Waals surface area contributed by atoms with Crippen LogP contribution in [0.2, 0.25) is 0 Å². The van der Waals surface area contributed by atoms with E-state index < -0.39 is 23.8 Å². The topological polar surface area (TPSA) is 92.7 Å². The molecule has 0 unspecified atom stereocenters. The van der Waals surface area contributed by atoms with Crippen LogP contribution in [0.5, 0.6) is 0 Å². The van der Waals surface area contributed by atoms with E-state index in [0.717, 1.165) is 37.0 Å². The first-order chi connectivity index (χ1) is 12.5. The number of nitrogens with one attached hydrogen (secondary N) is 1. The van der Waals surface area contributed by atoms with Crippen LogP contribution < -0.4 is 5.32 Å². The van der Waals surface area contributed by atoms with Crippen LogP contribution in [0.25, 0.3) is 0 Å². The fourth-order valence-electron chi connectivity index (χ4n) is 4.48. The van der Waals surface area contributed by atoms with E-state index in [1.54, 1.807) is 13.0 Å². The first-order valence-corrected chi connectivity index (χ1v) is 10.1. The molecular formula is C19H25NO5S. The first-order valence-electron chi connectivity index (χ1n) is 9.29. The molecule has 3 rings (SSSR count). The van der Waals surface area contributed by atoms with E-state index in [-0.39, 0.29) is 24.3 Å². The second kappa shape index (κ2) is 7.78. The number of carboxylic acids is 1.